The minimum absolute atomic E-state index is 0.125. The zero-order valence-corrected chi connectivity index (χ0v) is 6.38. The van der Waals surface area contributed by atoms with Crippen molar-refractivity contribution >= 4 is 19.9 Å². The van der Waals surface area contributed by atoms with Crippen LogP contribution < -0.4 is 0 Å². The highest BCUT2D eigenvalue weighted by Gasteiger charge is 1.78. The Morgan fingerprint density at radius 2 is 2.33 bits per heavy atom. The van der Waals surface area contributed by atoms with Crippen molar-refractivity contribution in [3.05, 3.63) is 0 Å². The van der Waals surface area contributed by atoms with Gasteiger partial charge in [-0.1, -0.05) is 19.8 Å². The molecule has 0 aromatic rings. The maximum absolute atomic E-state index is 5.52. The van der Waals surface area contributed by atoms with E-state index in [4.69, 9.17) is 11.1 Å². The fourth-order valence-electron chi connectivity index (χ4n) is 0.344. The lowest BCUT2D eigenvalue weighted by atomic mass is 10.4. The van der Waals surface area contributed by atoms with Gasteiger partial charge >= 0.3 is 0 Å². The number of hydrogen-bond donors (Lipinski definition) is 0. The SMILES string of the molecule is CCCC[SiH2]Cl. The van der Waals surface area contributed by atoms with E-state index < -0.39 is 0 Å². The van der Waals surface area contributed by atoms with Gasteiger partial charge in [-0.2, -0.15) is 11.1 Å². The minimum Gasteiger partial charge on any atom is -0.176 e. The number of hydrogen-bond acceptors (Lipinski definition) is 0. The summed E-state index contributed by atoms with van der Waals surface area (Å²) < 4.78 is 0. The fourth-order valence-corrected chi connectivity index (χ4v) is 1.60. The second-order valence-electron chi connectivity index (χ2n) is 1.40. The zero-order valence-electron chi connectivity index (χ0n) is 4.21. The van der Waals surface area contributed by atoms with E-state index >= 15 is 0 Å². The van der Waals surface area contributed by atoms with Gasteiger partial charge in [0, 0.05) is 0 Å². The third-order valence-corrected chi connectivity index (χ3v) is 2.31. The van der Waals surface area contributed by atoms with Crippen LogP contribution in [-0.4, -0.2) is 8.83 Å². The van der Waals surface area contributed by atoms with Crippen LogP contribution in [0.25, 0.3) is 0 Å². The number of unbranched alkanes of at least 4 members (excludes halogenated alkanes) is 1. The van der Waals surface area contributed by atoms with Gasteiger partial charge in [0.25, 0.3) is 0 Å². The standard InChI is InChI=1S/C4H11ClSi/c1-2-3-4-6-5/h2-4,6H2,1H3. The Morgan fingerprint density at radius 3 is 2.50 bits per heavy atom. The second-order valence-corrected chi connectivity index (χ2v) is 3.62. The van der Waals surface area contributed by atoms with Crippen LogP contribution in [0.3, 0.4) is 0 Å². The maximum atomic E-state index is 5.52. The molecule has 38 valence electrons. The van der Waals surface area contributed by atoms with Crippen molar-refractivity contribution in [1.29, 1.82) is 0 Å². The molecule has 0 N–H and O–H groups in total. The predicted octanol–water partition coefficient (Wildman–Crippen LogP) is 1.53. The number of halogens is 1. The summed E-state index contributed by atoms with van der Waals surface area (Å²) in [6.45, 7) is 2.20. The summed E-state index contributed by atoms with van der Waals surface area (Å²) >= 11 is 5.52. The molecular formula is C4H11ClSi. The average molecular weight is 123 g/mol. The molecule has 0 aromatic carbocycles. The highest BCUT2D eigenvalue weighted by molar-refractivity contribution is 6.93. The molecule has 0 atom stereocenters. The summed E-state index contributed by atoms with van der Waals surface area (Å²) in [4.78, 5) is 0. The van der Waals surface area contributed by atoms with Gasteiger partial charge in [0.1, 0.15) is 8.83 Å². The molecule has 0 aliphatic rings. The summed E-state index contributed by atoms with van der Waals surface area (Å²) in [5, 5.41) is 0. The number of rotatable bonds is 3. The monoisotopic (exact) mass is 122 g/mol. The Morgan fingerprint density at radius 1 is 1.67 bits per heavy atom. The topological polar surface area (TPSA) is 0 Å². The molecule has 6 heavy (non-hydrogen) atoms. The fraction of sp³-hybridized carbons (Fsp3) is 1.00. The van der Waals surface area contributed by atoms with Gasteiger partial charge in [-0.3, -0.25) is 0 Å². The quantitative estimate of drug-likeness (QED) is 0.303. The molecule has 0 aliphatic heterocycles. The molecule has 0 saturated heterocycles. The molecule has 0 radical (unpaired) electrons. The summed E-state index contributed by atoms with van der Waals surface area (Å²) in [5.41, 5.74) is 0. The van der Waals surface area contributed by atoms with E-state index in [1.807, 2.05) is 0 Å². The molecule has 0 rings (SSSR count). The van der Waals surface area contributed by atoms with Crippen molar-refractivity contribution in [2.24, 2.45) is 0 Å². The van der Waals surface area contributed by atoms with Crippen LogP contribution >= 0.6 is 11.1 Å². The van der Waals surface area contributed by atoms with Crippen LogP contribution in [0.2, 0.25) is 6.04 Å². The first kappa shape index (κ1) is 6.51. The van der Waals surface area contributed by atoms with E-state index in [0.717, 1.165) is 0 Å². The van der Waals surface area contributed by atoms with E-state index in [1.165, 1.54) is 18.9 Å². The Kier molecular flexibility index (Phi) is 5.97. The van der Waals surface area contributed by atoms with E-state index in [2.05, 4.69) is 6.92 Å². The molecule has 0 aliphatic carbocycles. The van der Waals surface area contributed by atoms with Crippen LogP contribution in [0.5, 0.6) is 0 Å². The van der Waals surface area contributed by atoms with Crippen molar-refractivity contribution < 1.29 is 0 Å². The summed E-state index contributed by atoms with van der Waals surface area (Å²) in [6, 6.07) is 1.32. The molecule has 0 unspecified atom stereocenters. The molecule has 0 nitrogen and oxygen atoms in total. The van der Waals surface area contributed by atoms with Gasteiger partial charge in [-0.05, 0) is 6.04 Å². The molecule has 0 spiro atoms. The summed E-state index contributed by atoms with van der Waals surface area (Å²) in [5.74, 6) is 0. The molecule has 0 fully saturated rings. The molecule has 0 heterocycles. The first-order valence-electron chi connectivity index (χ1n) is 2.47. The highest BCUT2D eigenvalue weighted by Crippen LogP contribution is 1.93. The van der Waals surface area contributed by atoms with Gasteiger partial charge in [0.2, 0.25) is 0 Å². The molecule has 0 saturated carbocycles. The van der Waals surface area contributed by atoms with E-state index in [0.29, 0.717) is 0 Å². The smallest absolute Gasteiger partial charge is 0.125 e. The first-order chi connectivity index (χ1) is 2.91. The molecule has 0 bridgehead atoms. The van der Waals surface area contributed by atoms with Crippen LogP contribution in [-0.2, 0) is 0 Å². The average Bonchev–Trinajstić information content (AvgIpc) is 1.61. The predicted molar refractivity (Wildman–Crippen MR) is 34.1 cm³/mol. The van der Waals surface area contributed by atoms with Crippen LogP contribution in [0.4, 0.5) is 0 Å². The summed E-state index contributed by atoms with van der Waals surface area (Å²) in [7, 11) is -0.125. The third-order valence-electron chi connectivity index (χ3n) is 0.737. The second kappa shape index (κ2) is 5.51. The Labute approximate surface area is 46.4 Å². The zero-order chi connectivity index (χ0) is 4.83. The van der Waals surface area contributed by atoms with Crippen LogP contribution in [0, 0.1) is 0 Å². The highest BCUT2D eigenvalue weighted by atomic mass is 35.6. The molecule has 2 heteroatoms. The minimum atomic E-state index is -0.125. The molecule has 0 amide bonds. The van der Waals surface area contributed by atoms with Gasteiger partial charge in [0.15, 0.2) is 0 Å². The van der Waals surface area contributed by atoms with Crippen molar-refractivity contribution in [1.82, 2.24) is 0 Å². The Bertz CT molecular complexity index is 19.5. The van der Waals surface area contributed by atoms with Gasteiger partial charge in [0.05, 0.1) is 0 Å². The van der Waals surface area contributed by atoms with Crippen LogP contribution in [0.1, 0.15) is 19.8 Å². The Hall–Kier alpha value is 0.507. The largest absolute Gasteiger partial charge is 0.176 e. The molecular weight excluding hydrogens is 112 g/mol. The van der Waals surface area contributed by atoms with Gasteiger partial charge in [-0.15, -0.1) is 0 Å². The van der Waals surface area contributed by atoms with Gasteiger partial charge < -0.3 is 0 Å². The lowest BCUT2D eigenvalue weighted by Gasteiger charge is -1.83. The summed E-state index contributed by atoms with van der Waals surface area (Å²) in [6.07, 6.45) is 2.65. The normalized spacial score (nSPS) is 11.0. The van der Waals surface area contributed by atoms with E-state index in [1.54, 1.807) is 0 Å². The van der Waals surface area contributed by atoms with Crippen molar-refractivity contribution in [3.8, 4) is 0 Å². The van der Waals surface area contributed by atoms with E-state index in [9.17, 15) is 0 Å². The maximum Gasteiger partial charge on any atom is 0.125 e. The first-order valence-corrected chi connectivity index (χ1v) is 5.61. The van der Waals surface area contributed by atoms with Crippen LogP contribution in [0.15, 0.2) is 0 Å². The van der Waals surface area contributed by atoms with Crippen molar-refractivity contribution in [2.45, 2.75) is 25.8 Å². The third kappa shape index (κ3) is 4.51. The molecule has 0 aromatic heterocycles. The van der Waals surface area contributed by atoms with Crippen molar-refractivity contribution in [3.63, 3.8) is 0 Å². The van der Waals surface area contributed by atoms with E-state index in [-0.39, 0.29) is 8.83 Å². The van der Waals surface area contributed by atoms with Crippen molar-refractivity contribution in [2.75, 3.05) is 0 Å². The lowest BCUT2D eigenvalue weighted by molar-refractivity contribution is 0.882. The lowest BCUT2D eigenvalue weighted by Crippen LogP contribution is -1.73. The van der Waals surface area contributed by atoms with Gasteiger partial charge in [-0.25, -0.2) is 0 Å². The Balaban J connectivity index is 2.34.